The summed E-state index contributed by atoms with van der Waals surface area (Å²) in [5, 5.41) is 0. The fourth-order valence-corrected chi connectivity index (χ4v) is 1.74. The van der Waals surface area contributed by atoms with E-state index in [-0.39, 0.29) is 0 Å². The van der Waals surface area contributed by atoms with Gasteiger partial charge in [-0.15, -0.1) is 6.58 Å². The number of hydrogen-bond donors (Lipinski definition) is 0. The number of allylic oxidation sites excluding steroid dienone is 1. The Hall–Kier alpha value is -0.300. The number of rotatable bonds is 3. The largest absolute Gasteiger partial charge is 0.381 e. The molecular weight excluding hydrogens is 136 g/mol. The lowest BCUT2D eigenvalue weighted by atomic mass is 9.85. The van der Waals surface area contributed by atoms with E-state index in [9.17, 15) is 0 Å². The van der Waals surface area contributed by atoms with Crippen molar-refractivity contribution >= 4 is 0 Å². The molecule has 0 amide bonds. The standard InChI is InChI=1S/C10H18O/c1-3-4-9(2)10-5-7-11-8-6-10/h3,9-10H,1,4-8H2,2H3/t9-/m1/s1. The van der Waals surface area contributed by atoms with Crippen LogP contribution >= 0.6 is 0 Å². The monoisotopic (exact) mass is 154 g/mol. The fourth-order valence-electron chi connectivity index (χ4n) is 1.74. The summed E-state index contributed by atoms with van der Waals surface area (Å²) in [6.45, 7) is 8.01. The second-order valence-corrected chi connectivity index (χ2v) is 3.45. The summed E-state index contributed by atoms with van der Waals surface area (Å²) in [5.74, 6) is 1.68. The minimum atomic E-state index is 0.802. The average Bonchev–Trinajstić information content (AvgIpc) is 2.07. The van der Waals surface area contributed by atoms with E-state index in [1.165, 1.54) is 12.8 Å². The summed E-state index contributed by atoms with van der Waals surface area (Å²) in [6.07, 6.45) is 5.68. The molecular formula is C10H18O. The molecule has 1 saturated heterocycles. The maximum absolute atomic E-state index is 5.30. The Kier molecular flexibility index (Phi) is 3.64. The predicted molar refractivity (Wildman–Crippen MR) is 47.5 cm³/mol. The second-order valence-electron chi connectivity index (χ2n) is 3.45. The van der Waals surface area contributed by atoms with Crippen LogP contribution in [0.3, 0.4) is 0 Å². The molecule has 11 heavy (non-hydrogen) atoms. The first-order valence-corrected chi connectivity index (χ1v) is 4.53. The lowest BCUT2D eigenvalue weighted by molar-refractivity contribution is 0.0499. The first kappa shape index (κ1) is 8.79. The topological polar surface area (TPSA) is 9.23 Å². The highest BCUT2D eigenvalue weighted by Crippen LogP contribution is 2.25. The molecule has 0 aromatic heterocycles. The molecule has 1 heterocycles. The SMILES string of the molecule is C=CC[C@@H](C)C1CCOCC1. The molecule has 1 nitrogen and oxygen atoms in total. The number of ether oxygens (including phenoxy) is 1. The highest BCUT2D eigenvalue weighted by atomic mass is 16.5. The van der Waals surface area contributed by atoms with Gasteiger partial charge in [0.2, 0.25) is 0 Å². The van der Waals surface area contributed by atoms with Gasteiger partial charge in [-0.1, -0.05) is 13.0 Å². The molecule has 1 heteroatoms. The van der Waals surface area contributed by atoms with Crippen molar-refractivity contribution in [3.8, 4) is 0 Å². The Morgan fingerprint density at radius 2 is 2.18 bits per heavy atom. The molecule has 0 N–H and O–H groups in total. The molecule has 1 aliphatic rings. The molecule has 64 valence electrons. The molecule has 0 aliphatic carbocycles. The third-order valence-electron chi connectivity index (χ3n) is 2.61. The minimum absolute atomic E-state index is 0.802. The van der Waals surface area contributed by atoms with Gasteiger partial charge in [-0.2, -0.15) is 0 Å². The highest BCUT2D eigenvalue weighted by Gasteiger charge is 2.18. The summed E-state index contributed by atoms with van der Waals surface area (Å²) < 4.78 is 5.30. The van der Waals surface area contributed by atoms with Crippen molar-refractivity contribution in [1.82, 2.24) is 0 Å². The van der Waals surface area contributed by atoms with Crippen molar-refractivity contribution in [3.63, 3.8) is 0 Å². The summed E-state index contributed by atoms with van der Waals surface area (Å²) in [4.78, 5) is 0. The molecule has 1 atom stereocenters. The van der Waals surface area contributed by atoms with Crippen molar-refractivity contribution in [2.24, 2.45) is 11.8 Å². The van der Waals surface area contributed by atoms with Crippen LogP contribution < -0.4 is 0 Å². The highest BCUT2D eigenvalue weighted by molar-refractivity contribution is 4.77. The molecule has 0 aromatic rings. The quantitative estimate of drug-likeness (QED) is 0.568. The molecule has 0 aromatic carbocycles. The van der Waals surface area contributed by atoms with E-state index in [4.69, 9.17) is 4.74 Å². The first-order valence-electron chi connectivity index (χ1n) is 4.53. The molecule has 0 bridgehead atoms. The van der Waals surface area contributed by atoms with Gasteiger partial charge < -0.3 is 4.74 Å². The average molecular weight is 154 g/mol. The Labute approximate surface area is 69.4 Å². The summed E-state index contributed by atoms with van der Waals surface area (Å²) in [6, 6.07) is 0. The van der Waals surface area contributed by atoms with Crippen LogP contribution in [0.2, 0.25) is 0 Å². The van der Waals surface area contributed by atoms with Gasteiger partial charge >= 0.3 is 0 Å². The van der Waals surface area contributed by atoms with Crippen LogP contribution in [-0.4, -0.2) is 13.2 Å². The van der Waals surface area contributed by atoms with Crippen LogP contribution in [0.1, 0.15) is 26.2 Å². The number of hydrogen-bond acceptors (Lipinski definition) is 1. The van der Waals surface area contributed by atoms with Crippen LogP contribution in [0.4, 0.5) is 0 Å². The fraction of sp³-hybridized carbons (Fsp3) is 0.800. The van der Waals surface area contributed by atoms with Crippen LogP contribution in [0, 0.1) is 11.8 Å². The summed E-state index contributed by atoms with van der Waals surface area (Å²) in [5.41, 5.74) is 0. The predicted octanol–water partition coefficient (Wildman–Crippen LogP) is 2.63. The van der Waals surface area contributed by atoms with Crippen molar-refractivity contribution in [2.75, 3.05) is 13.2 Å². The van der Waals surface area contributed by atoms with E-state index in [2.05, 4.69) is 13.5 Å². The van der Waals surface area contributed by atoms with Crippen LogP contribution in [0.15, 0.2) is 12.7 Å². The Balaban J connectivity index is 2.26. The van der Waals surface area contributed by atoms with Crippen molar-refractivity contribution < 1.29 is 4.74 Å². The summed E-state index contributed by atoms with van der Waals surface area (Å²) >= 11 is 0. The Morgan fingerprint density at radius 1 is 1.55 bits per heavy atom. The van der Waals surface area contributed by atoms with Gasteiger partial charge in [-0.25, -0.2) is 0 Å². The molecule has 1 fully saturated rings. The van der Waals surface area contributed by atoms with Crippen LogP contribution in [-0.2, 0) is 4.74 Å². The molecule has 0 spiro atoms. The smallest absolute Gasteiger partial charge is 0.0468 e. The van der Waals surface area contributed by atoms with Crippen LogP contribution in [0.5, 0.6) is 0 Å². The van der Waals surface area contributed by atoms with E-state index >= 15 is 0 Å². The molecule has 0 radical (unpaired) electrons. The Morgan fingerprint density at radius 3 is 2.73 bits per heavy atom. The summed E-state index contributed by atoms with van der Waals surface area (Å²) in [7, 11) is 0. The molecule has 0 unspecified atom stereocenters. The van der Waals surface area contributed by atoms with E-state index in [1.807, 2.05) is 6.08 Å². The van der Waals surface area contributed by atoms with Gasteiger partial charge in [0.1, 0.15) is 0 Å². The van der Waals surface area contributed by atoms with Crippen molar-refractivity contribution in [1.29, 1.82) is 0 Å². The van der Waals surface area contributed by atoms with Gasteiger partial charge in [-0.05, 0) is 31.1 Å². The zero-order chi connectivity index (χ0) is 8.10. The van der Waals surface area contributed by atoms with Gasteiger partial charge in [0.15, 0.2) is 0 Å². The van der Waals surface area contributed by atoms with Gasteiger partial charge in [-0.3, -0.25) is 0 Å². The molecule has 1 aliphatic heterocycles. The maximum atomic E-state index is 5.30. The van der Waals surface area contributed by atoms with Crippen molar-refractivity contribution in [2.45, 2.75) is 26.2 Å². The van der Waals surface area contributed by atoms with E-state index in [1.54, 1.807) is 0 Å². The van der Waals surface area contributed by atoms with Gasteiger partial charge in [0.05, 0.1) is 0 Å². The molecule has 0 saturated carbocycles. The Bertz CT molecular complexity index is 114. The normalized spacial score (nSPS) is 23.0. The zero-order valence-electron chi connectivity index (χ0n) is 7.38. The van der Waals surface area contributed by atoms with E-state index in [0.717, 1.165) is 31.5 Å². The molecule has 1 rings (SSSR count). The maximum Gasteiger partial charge on any atom is 0.0468 e. The second kappa shape index (κ2) is 4.55. The van der Waals surface area contributed by atoms with E-state index in [0.29, 0.717) is 0 Å². The third-order valence-corrected chi connectivity index (χ3v) is 2.61. The first-order chi connectivity index (χ1) is 5.34. The van der Waals surface area contributed by atoms with Gasteiger partial charge in [0, 0.05) is 13.2 Å². The minimum Gasteiger partial charge on any atom is -0.381 e. The lowest BCUT2D eigenvalue weighted by Gasteiger charge is -2.26. The van der Waals surface area contributed by atoms with Crippen molar-refractivity contribution in [3.05, 3.63) is 12.7 Å². The van der Waals surface area contributed by atoms with Crippen LogP contribution in [0.25, 0.3) is 0 Å². The van der Waals surface area contributed by atoms with Gasteiger partial charge in [0.25, 0.3) is 0 Å². The lowest BCUT2D eigenvalue weighted by Crippen LogP contribution is -2.21. The zero-order valence-corrected chi connectivity index (χ0v) is 7.38. The third kappa shape index (κ3) is 2.66. The van der Waals surface area contributed by atoms with E-state index < -0.39 is 0 Å².